The highest BCUT2D eigenvalue weighted by Gasteiger charge is 2.77. The summed E-state index contributed by atoms with van der Waals surface area (Å²) >= 11 is 0. The molecule has 3 amide bonds. The van der Waals surface area contributed by atoms with E-state index in [2.05, 4.69) is 10.6 Å². The predicted molar refractivity (Wildman–Crippen MR) is 132 cm³/mol. The molecule has 1 aromatic rings. The minimum Gasteiger partial charge on any atom is -0.356 e. The van der Waals surface area contributed by atoms with Crippen LogP contribution in [-0.2, 0) is 25.7 Å². The molecule has 8 heteroatoms. The Morgan fingerprint density at radius 3 is 2.44 bits per heavy atom. The molecule has 194 valence electrons. The van der Waals surface area contributed by atoms with Gasteiger partial charge >= 0.3 is 0 Å². The highest BCUT2D eigenvalue weighted by molar-refractivity contribution is 6.00. The minimum absolute atomic E-state index is 0.0996. The zero-order chi connectivity index (χ0) is 25.9. The Balaban J connectivity index is 1.47. The SMILES string of the molecule is CCC(C)(C)N1C(=O)[C@H]2[C@H](C(=O)NCc3ccc(F)cc3)[C@]3(C)C=C[C@]2(O3)[C@@H]1C(=O)NC1CCCC1. The molecule has 36 heavy (non-hydrogen) atoms. The largest absolute Gasteiger partial charge is 0.356 e. The van der Waals surface area contributed by atoms with Crippen molar-refractivity contribution in [2.45, 2.75) is 95.2 Å². The summed E-state index contributed by atoms with van der Waals surface area (Å²) in [7, 11) is 0. The number of nitrogens with one attached hydrogen (secondary N) is 2. The van der Waals surface area contributed by atoms with Gasteiger partial charge in [-0.1, -0.05) is 44.1 Å². The van der Waals surface area contributed by atoms with Crippen molar-refractivity contribution in [2.75, 3.05) is 0 Å². The number of likely N-dealkylation sites (tertiary alicyclic amines) is 1. The minimum atomic E-state index is -1.20. The monoisotopic (exact) mass is 497 g/mol. The van der Waals surface area contributed by atoms with E-state index in [0.717, 1.165) is 31.2 Å². The van der Waals surface area contributed by atoms with Gasteiger partial charge in [0.15, 0.2) is 0 Å². The molecule has 2 bridgehead atoms. The van der Waals surface area contributed by atoms with Gasteiger partial charge in [-0.2, -0.15) is 0 Å². The van der Waals surface area contributed by atoms with Gasteiger partial charge in [0.25, 0.3) is 0 Å². The molecule has 0 unspecified atom stereocenters. The Bertz CT molecular complexity index is 1100. The predicted octanol–water partition coefficient (Wildman–Crippen LogP) is 3.23. The summed E-state index contributed by atoms with van der Waals surface area (Å²) in [5, 5.41) is 6.11. The molecule has 1 aliphatic carbocycles. The third-order valence-corrected chi connectivity index (χ3v) is 8.83. The summed E-state index contributed by atoms with van der Waals surface area (Å²) in [6.07, 6.45) is 8.37. The Kier molecular flexibility index (Phi) is 6.01. The van der Waals surface area contributed by atoms with Crippen molar-refractivity contribution in [1.29, 1.82) is 0 Å². The number of carbonyl (C=O) groups is 3. The highest BCUT2D eigenvalue weighted by atomic mass is 19.1. The number of nitrogens with zero attached hydrogens (tertiary/aromatic N) is 1. The number of amides is 3. The van der Waals surface area contributed by atoms with Crippen LogP contribution in [0, 0.1) is 17.7 Å². The Labute approximate surface area is 211 Å². The molecule has 5 atom stereocenters. The fraction of sp³-hybridized carbons (Fsp3) is 0.607. The van der Waals surface area contributed by atoms with Crippen LogP contribution in [0.5, 0.6) is 0 Å². The van der Waals surface area contributed by atoms with Crippen molar-refractivity contribution in [3.05, 3.63) is 47.8 Å². The lowest BCUT2D eigenvalue weighted by atomic mass is 9.70. The standard InChI is InChI=1S/C28H36FN3O4/c1-5-26(2,3)32-22(24(34)31-19-8-6-7-9-19)28-15-14-27(4,36-28)20(21(28)25(32)35)23(33)30-16-17-10-12-18(29)13-11-17/h10-15,19-22H,5-9,16H2,1-4H3,(H,30,33)(H,31,34)/t20-,21-,22+,27+,28-/m1/s1. The maximum Gasteiger partial charge on any atom is 0.246 e. The van der Waals surface area contributed by atoms with E-state index in [-0.39, 0.29) is 36.1 Å². The summed E-state index contributed by atoms with van der Waals surface area (Å²) in [5.41, 5.74) is -2.04. The number of ether oxygens (including phenoxy) is 1. The molecule has 3 aliphatic heterocycles. The van der Waals surface area contributed by atoms with Crippen LogP contribution in [0.1, 0.15) is 65.4 Å². The fourth-order valence-corrected chi connectivity index (χ4v) is 6.61. The van der Waals surface area contributed by atoms with Crippen molar-refractivity contribution >= 4 is 17.7 Å². The van der Waals surface area contributed by atoms with Crippen LogP contribution in [0.4, 0.5) is 4.39 Å². The summed E-state index contributed by atoms with van der Waals surface area (Å²) in [5.74, 6) is -2.66. The first-order chi connectivity index (χ1) is 17.0. The van der Waals surface area contributed by atoms with Crippen molar-refractivity contribution in [2.24, 2.45) is 11.8 Å². The quantitative estimate of drug-likeness (QED) is 0.567. The van der Waals surface area contributed by atoms with Crippen LogP contribution >= 0.6 is 0 Å². The maximum atomic E-state index is 14.1. The van der Waals surface area contributed by atoms with Gasteiger partial charge in [0.1, 0.15) is 17.5 Å². The van der Waals surface area contributed by atoms with E-state index in [9.17, 15) is 18.8 Å². The summed E-state index contributed by atoms with van der Waals surface area (Å²) < 4.78 is 19.8. The first kappa shape index (κ1) is 24.9. The van der Waals surface area contributed by atoms with Crippen LogP contribution in [0.25, 0.3) is 0 Å². The number of hydrogen-bond acceptors (Lipinski definition) is 4. The molecule has 2 N–H and O–H groups in total. The normalized spacial score (nSPS) is 33.3. The van der Waals surface area contributed by atoms with Crippen molar-refractivity contribution in [1.82, 2.24) is 15.5 Å². The van der Waals surface area contributed by atoms with Gasteiger partial charge in [-0.15, -0.1) is 0 Å². The summed E-state index contributed by atoms with van der Waals surface area (Å²) in [6, 6.07) is 5.18. The molecule has 1 spiro atoms. The number of carbonyl (C=O) groups excluding carboxylic acids is 3. The van der Waals surface area contributed by atoms with Crippen LogP contribution in [0.2, 0.25) is 0 Å². The number of fused-ring (bicyclic) bond motifs is 1. The van der Waals surface area contributed by atoms with Crippen molar-refractivity contribution in [3.8, 4) is 0 Å². The molecular weight excluding hydrogens is 461 g/mol. The Hall–Kier alpha value is -2.74. The topological polar surface area (TPSA) is 87.7 Å². The number of hydrogen-bond donors (Lipinski definition) is 2. The summed E-state index contributed by atoms with van der Waals surface area (Å²) in [6.45, 7) is 7.93. The second-order valence-electron chi connectivity index (χ2n) is 11.5. The second kappa shape index (κ2) is 8.68. The molecule has 3 heterocycles. The third-order valence-electron chi connectivity index (χ3n) is 8.83. The van der Waals surface area contributed by atoms with Crippen LogP contribution in [0.3, 0.4) is 0 Å². The van der Waals surface area contributed by atoms with Gasteiger partial charge in [-0.25, -0.2) is 4.39 Å². The molecule has 2 saturated heterocycles. The molecule has 5 rings (SSSR count). The average Bonchev–Trinajstić information content (AvgIpc) is 3.58. The molecule has 3 fully saturated rings. The lowest BCUT2D eigenvalue weighted by Gasteiger charge is -2.42. The first-order valence-corrected chi connectivity index (χ1v) is 13.1. The smallest absolute Gasteiger partial charge is 0.246 e. The molecule has 7 nitrogen and oxygen atoms in total. The van der Waals surface area contributed by atoms with Gasteiger partial charge in [-0.05, 0) is 57.7 Å². The summed E-state index contributed by atoms with van der Waals surface area (Å²) in [4.78, 5) is 43.2. The zero-order valence-corrected chi connectivity index (χ0v) is 21.5. The van der Waals surface area contributed by atoms with Crippen LogP contribution in [-0.4, -0.2) is 51.4 Å². The van der Waals surface area contributed by atoms with E-state index < -0.39 is 34.6 Å². The Morgan fingerprint density at radius 2 is 1.81 bits per heavy atom. The number of rotatable bonds is 7. The van der Waals surface area contributed by atoms with Crippen molar-refractivity contribution in [3.63, 3.8) is 0 Å². The zero-order valence-electron chi connectivity index (χ0n) is 21.5. The van der Waals surface area contributed by atoms with E-state index in [1.807, 2.05) is 39.8 Å². The van der Waals surface area contributed by atoms with Gasteiger partial charge < -0.3 is 20.3 Å². The van der Waals surface area contributed by atoms with E-state index >= 15 is 0 Å². The van der Waals surface area contributed by atoms with E-state index in [1.165, 1.54) is 12.1 Å². The van der Waals surface area contributed by atoms with Crippen LogP contribution in [0.15, 0.2) is 36.4 Å². The maximum absolute atomic E-state index is 14.1. The number of benzene rings is 1. The third kappa shape index (κ3) is 3.76. The molecular formula is C28H36FN3O4. The van der Waals surface area contributed by atoms with Gasteiger partial charge in [0.05, 0.1) is 17.4 Å². The molecule has 1 aromatic carbocycles. The van der Waals surface area contributed by atoms with E-state index in [1.54, 1.807) is 17.0 Å². The highest BCUT2D eigenvalue weighted by Crippen LogP contribution is 2.60. The van der Waals surface area contributed by atoms with Gasteiger partial charge in [0, 0.05) is 18.1 Å². The molecule has 1 saturated carbocycles. The first-order valence-electron chi connectivity index (χ1n) is 13.1. The van der Waals surface area contributed by atoms with Crippen molar-refractivity contribution < 1.29 is 23.5 Å². The second-order valence-corrected chi connectivity index (χ2v) is 11.5. The Morgan fingerprint density at radius 1 is 1.14 bits per heavy atom. The van der Waals surface area contributed by atoms with Gasteiger partial charge in [-0.3, -0.25) is 14.4 Å². The molecule has 0 radical (unpaired) electrons. The molecule has 4 aliphatic rings. The fourth-order valence-electron chi connectivity index (χ4n) is 6.61. The lowest BCUT2D eigenvalue weighted by Crippen LogP contribution is -2.60. The van der Waals surface area contributed by atoms with E-state index in [0.29, 0.717) is 6.42 Å². The number of halogens is 1. The van der Waals surface area contributed by atoms with Crippen LogP contribution < -0.4 is 10.6 Å². The lowest BCUT2D eigenvalue weighted by molar-refractivity contribution is -0.151. The van der Waals surface area contributed by atoms with Gasteiger partial charge in [0.2, 0.25) is 17.7 Å². The molecule has 0 aromatic heterocycles. The average molecular weight is 498 g/mol. The van der Waals surface area contributed by atoms with E-state index in [4.69, 9.17) is 4.74 Å².